The molecule has 2 atom stereocenters. The highest BCUT2D eigenvalue weighted by Gasteiger charge is 2.53. The summed E-state index contributed by atoms with van der Waals surface area (Å²) in [4.78, 5) is 12.4. The van der Waals surface area contributed by atoms with E-state index >= 15 is 0 Å². The number of esters is 1. The quantitative estimate of drug-likeness (QED) is 0.424. The maximum Gasteiger partial charge on any atom is 0.341 e. The standard InChI is InChI=1S/C18H30O5Si/c1-17(2,3)24(7,8)23-18(22-6,14-12-10-9-11-13-14)15(20-4)16(19)21-5/h9-13,15H,1-8H3. The molecule has 0 aliphatic heterocycles. The largest absolute Gasteiger partial charge is 0.467 e. The average molecular weight is 355 g/mol. The molecule has 1 rings (SSSR count). The monoisotopic (exact) mass is 354 g/mol. The molecule has 136 valence electrons. The summed E-state index contributed by atoms with van der Waals surface area (Å²) in [5.74, 6) is -1.91. The lowest BCUT2D eigenvalue weighted by Gasteiger charge is -2.46. The first kappa shape index (κ1) is 20.8. The summed E-state index contributed by atoms with van der Waals surface area (Å²) >= 11 is 0. The van der Waals surface area contributed by atoms with Gasteiger partial charge < -0.3 is 18.6 Å². The minimum absolute atomic E-state index is 0.0695. The van der Waals surface area contributed by atoms with Crippen molar-refractivity contribution < 1.29 is 23.4 Å². The number of hydrogen-bond acceptors (Lipinski definition) is 5. The van der Waals surface area contributed by atoms with Gasteiger partial charge in [0.15, 0.2) is 8.32 Å². The van der Waals surface area contributed by atoms with Gasteiger partial charge in [-0.1, -0.05) is 51.1 Å². The van der Waals surface area contributed by atoms with Gasteiger partial charge in [0.25, 0.3) is 0 Å². The van der Waals surface area contributed by atoms with E-state index in [1.54, 1.807) is 0 Å². The number of methoxy groups -OCH3 is 3. The van der Waals surface area contributed by atoms with Crippen LogP contribution in [0.4, 0.5) is 0 Å². The highest BCUT2D eigenvalue weighted by molar-refractivity contribution is 6.74. The van der Waals surface area contributed by atoms with Crippen LogP contribution in [-0.4, -0.2) is 41.7 Å². The van der Waals surface area contributed by atoms with Gasteiger partial charge in [-0.3, -0.25) is 0 Å². The first-order valence-electron chi connectivity index (χ1n) is 7.97. The van der Waals surface area contributed by atoms with Crippen molar-refractivity contribution in [3.63, 3.8) is 0 Å². The number of rotatable bonds is 7. The lowest BCUT2D eigenvalue weighted by atomic mass is 10.00. The average Bonchev–Trinajstić information content (AvgIpc) is 2.53. The highest BCUT2D eigenvalue weighted by atomic mass is 28.4. The van der Waals surface area contributed by atoms with Gasteiger partial charge in [0.1, 0.15) is 0 Å². The lowest BCUT2D eigenvalue weighted by molar-refractivity contribution is -0.250. The Morgan fingerprint density at radius 3 is 1.96 bits per heavy atom. The summed E-state index contributed by atoms with van der Waals surface area (Å²) in [5.41, 5.74) is 0.717. The fourth-order valence-corrected chi connectivity index (χ4v) is 3.62. The number of carbonyl (C=O) groups excluding carboxylic acids is 1. The zero-order chi connectivity index (χ0) is 18.6. The highest BCUT2D eigenvalue weighted by Crippen LogP contribution is 2.44. The topological polar surface area (TPSA) is 54.0 Å². The van der Waals surface area contributed by atoms with Crippen molar-refractivity contribution in [3.05, 3.63) is 35.9 Å². The molecule has 0 bridgehead atoms. The van der Waals surface area contributed by atoms with E-state index in [0.29, 0.717) is 0 Å². The Morgan fingerprint density at radius 2 is 1.58 bits per heavy atom. The van der Waals surface area contributed by atoms with E-state index in [1.165, 1.54) is 21.3 Å². The zero-order valence-corrected chi connectivity index (χ0v) is 17.0. The van der Waals surface area contributed by atoms with Crippen LogP contribution in [0.15, 0.2) is 30.3 Å². The van der Waals surface area contributed by atoms with Crippen molar-refractivity contribution in [1.82, 2.24) is 0 Å². The lowest BCUT2D eigenvalue weighted by Crippen LogP contribution is -2.57. The van der Waals surface area contributed by atoms with Crippen molar-refractivity contribution in [3.8, 4) is 0 Å². The molecule has 6 heteroatoms. The first-order chi connectivity index (χ1) is 11.1. The van der Waals surface area contributed by atoms with Gasteiger partial charge in [-0.2, -0.15) is 0 Å². The molecule has 0 spiro atoms. The van der Waals surface area contributed by atoms with E-state index < -0.39 is 26.2 Å². The molecule has 0 aliphatic rings. The second-order valence-corrected chi connectivity index (χ2v) is 12.0. The smallest absolute Gasteiger partial charge is 0.341 e. The number of carbonyl (C=O) groups is 1. The molecule has 0 heterocycles. The minimum atomic E-state index is -2.29. The molecule has 0 aromatic heterocycles. The van der Waals surface area contributed by atoms with Gasteiger partial charge in [0.05, 0.1) is 7.11 Å². The second-order valence-electron chi connectivity index (χ2n) is 7.24. The molecule has 5 nitrogen and oxygen atoms in total. The fraction of sp³-hybridized carbons (Fsp3) is 0.611. The van der Waals surface area contributed by atoms with Crippen LogP contribution in [0, 0.1) is 0 Å². The van der Waals surface area contributed by atoms with Crippen LogP contribution in [0.5, 0.6) is 0 Å². The molecule has 0 saturated heterocycles. The Kier molecular flexibility index (Phi) is 6.75. The van der Waals surface area contributed by atoms with Gasteiger partial charge in [-0.05, 0) is 18.1 Å². The molecular weight excluding hydrogens is 324 g/mol. The molecule has 0 radical (unpaired) electrons. The Labute approximate surface area is 146 Å². The van der Waals surface area contributed by atoms with Gasteiger partial charge >= 0.3 is 5.97 Å². The van der Waals surface area contributed by atoms with E-state index in [2.05, 4.69) is 33.9 Å². The molecule has 0 saturated carbocycles. The summed E-state index contributed by atoms with van der Waals surface area (Å²) in [5, 5.41) is -0.0695. The van der Waals surface area contributed by atoms with Gasteiger partial charge in [0, 0.05) is 19.8 Å². The molecule has 24 heavy (non-hydrogen) atoms. The van der Waals surface area contributed by atoms with Crippen molar-refractivity contribution in [2.45, 2.75) is 50.8 Å². The third kappa shape index (κ3) is 4.06. The van der Waals surface area contributed by atoms with Crippen LogP contribution in [-0.2, 0) is 29.2 Å². The predicted octanol–water partition coefficient (Wildman–Crippen LogP) is 3.70. The van der Waals surface area contributed by atoms with Gasteiger partial charge in [-0.15, -0.1) is 0 Å². The summed E-state index contributed by atoms with van der Waals surface area (Å²) in [7, 11) is 2.01. The molecule has 1 aromatic rings. The third-order valence-corrected chi connectivity index (χ3v) is 9.11. The molecule has 0 amide bonds. The van der Waals surface area contributed by atoms with E-state index in [-0.39, 0.29) is 5.04 Å². The van der Waals surface area contributed by atoms with E-state index in [1.807, 2.05) is 30.3 Å². The predicted molar refractivity (Wildman–Crippen MR) is 96.2 cm³/mol. The normalized spacial score (nSPS) is 16.3. The number of benzene rings is 1. The van der Waals surface area contributed by atoms with Crippen molar-refractivity contribution >= 4 is 14.3 Å². The zero-order valence-electron chi connectivity index (χ0n) is 16.0. The maximum atomic E-state index is 12.4. The summed E-state index contributed by atoms with van der Waals surface area (Å²) < 4.78 is 22.8. The van der Waals surface area contributed by atoms with Crippen LogP contribution in [0.3, 0.4) is 0 Å². The first-order valence-corrected chi connectivity index (χ1v) is 10.9. The summed E-state index contributed by atoms with van der Waals surface area (Å²) in [6.07, 6.45) is -1.04. The summed E-state index contributed by atoms with van der Waals surface area (Å²) in [6, 6.07) is 9.39. The second kappa shape index (κ2) is 7.78. The third-order valence-electron chi connectivity index (χ3n) is 4.69. The number of ether oxygens (including phenoxy) is 3. The molecule has 0 fully saturated rings. The Bertz CT molecular complexity index is 538. The van der Waals surface area contributed by atoms with E-state index in [4.69, 9.17) is 18.6 Å². The molecule has 0 N–H and O–H groups in total. The van der Waals surface area contributed by atoms with E-state index in [0.717, 1.165) is 5.56 Å². The molecule has 0 aliphatic carbocycles. The van der Waals surface area contributed by atoms with Crippen LogP contribution in [0.2, 0.25) is 18.1 Å². The summed E-state index contributed by atoms with van der Waals surface area (Å²) in [6.45, 7) is 10.6. The van der Waals surface area contributed by atoms with Crippen molar-refractivity contribution in [2.75, 3.05) is 21.3 Å². The van der Waals surface area contributed by atoms with Crippen molar-refractivity contribution in [1.29, 1.82) is 0 Å². The van der Waals surface area contributed by atoms with Crippen LogP contribution in [0.1, 0.15) is 26.3 Å². The fourth-order valence-electron chi connectivity index (χ4n) is 2.25. The van der Waals surface area contributed by atoms with Gasteiger partial charge in [-0.25, -0.2) is 4.79 Å². The van der Waals surface area contributed by atoms with Crippen LogP contribution in [0.25, 0.3) is 0 Å². The molecular formula is C18H30O5Si. The van der Waals surface area contributed by atoms with Crippen LogP contribution < -0.4 is 0 Å². The maximum absolute atomic E-state index is 12.4. The number of hydrogen-bond donors (Lipinski definition) is 0. The van der Waals surface area contributed by atoms with Crippen molar-refractivity contribution in [2.24, 2.45) is 0 Å². The van der Waals surface area contributed by atoms with Crippen LogP contribution >= 0.6 is 0 Å². The Balaban J connectivity index is 3.53. The minimum Gasteiger partial charge on any atom is -0.467 e. The Morgan fingerprint density at radius 1 is 1.04 bits per heavy atom. The van der Waals surface area contributed by atoms with Gasteiger partial charge in [0.2, 0.25) is 11.9 Å². The SMILES string of the molecule is COC(=O)C(OC)C(OC)(O[Si](C)(C)C(C)(C)C)c1ccccc1. The molecule has 2 unspecified atom stereocenters. The van der Waals surface area contributed by atoms with E-state index in [9.17, 15) is 4.79 Å². The Hall–Kier alpha value is -1.21. The molecule has 1 aromatic carbocycles.